The molecule has 0 saturated heterocycles. The van der Waals surface area contributed by atoms with Crippen molar-refractivity contribution in [1.82, 2.24) is 9.80 Å². The van der Waals surface area contributed by atoms with Gasteiger partial charge in [0.2, 0.25) is 5.91 Å². The second kappa shape index (κ2) is 8.05. The van der Waals surface area contributed by atoms with Gasteiger partial charge in [-0.1, -0.05) is 30.3 Å². The SMILES string of the molecule is CCN(CC)C(=O)[C@@H](C)N(C)[C@@H](C)Cc1ccccc1. The van der Waals surface area contributed by atoms with Gasteiger partial charge in [0.05, 0.1) is 6.04 Å². The molecule has 1 rings (SSSR count). The van der Waals surface area contributed by atoms with E-state index in [1.165, 1.54) is 5.56 Å². The maximum atomic E-state index is 12.4. The molecule has 20 heavy (non-hydrogen) atoms. The van der Waals surface area contributed by atoms with E-state index < -0.39 is 0 Å². The standard InChI is InChI=1S/C17H28N2O/c1-6-19(7-2)17(20)15(4)18(5)14(3)13-16-11-9-8-10-12-16/h8-12,14-15H,6-7,13H2,1-5H3/t14-,15+/m0/s1. The van der Waals surface area contributed by atoms with Crippen molar-refractivity contribution < 1.29 is 4.79 Å². The van der Waals surface area contributed by atoms with Gasteiger partial charge in [0.1, 0.15) is 0 Å². The maximum Gasteiger partial charge on any atom is 0.239 e. The lowest BCUT2D eigenvalue weighted by molar-refractivity contribution is -0.136. The quantitative estimate of drug-likeness (QED) is 0.764. The summed E-state index contributed by atoms with van der Waals surface area (Å²) in [6.07, 6.45) is 0.965. The molecule has 0 aliphatic carbocycles. The van der Waals surface area contributed by atoms with Crippen LogP contribution in [0.4, 0.5) is 0 Å². The predicted molar refractivity (Wildman–Crippen MR) is 84.8 cm³/mol. The molecule has 0 fully saturated rings. The van der Waals surface area contributed by atoms with E-state index in [2.05, 4.69) is 36.1 Å². The van der Waals surface area contributed by atoms with Gasteiger partial charge in [-0.2, -0.15) is 0 Å². The third-order valence-corrected chi connectivity index (χ3v) is 4.11. The fourth-order valence-electron chi connectivity index (χ4n) is 2.45. The summed E-state index contributed by atoms with van der Waals surface area (Å²) in [6, 6.07) is 10.7. The Hall–Kier alpha value is -1.35. The minimum Gasteiger partial charge on any atom is -0.342 e. The Morgan fingerprint density at radius 3 is 2.15 bits per heavy atom. The summed E-state index contributed by atoms with van der Waals surface area (Å²) in [5.41, 5.74) is 1.31. The first kappa shape index (κ1) is 16.7. The predicted octanol–water partition coefficient (Wildman–Crippen LogP) is 2.81. The number of benzene rings is 1. The van der Waals surface area contributed by atoms with Crippen molar-refractivity contribution in [2.75, 3.05) is 20.1 Å². The fraction of sp³-hybridized carbons (Fsp3) is 0.588. The minimum absolute atomic E-state index is 0.0754. The molecule has 0 bridgehead atoms. The molecule has 1 aromatic rings. The third-order valence-electron chi connectivity index (χ3n) is 4.11. The van der Waals surface area contributed by atoms with Gasteiger partial charge in [0.15, 0.2) is 0 Å². The first-order valence-corrected chi connectivity index (χ1v) is 7.55. The van der Waals surface area contributed by atoms with Gasteiger partial charge in [-0.05, 0) is 46.7 Å². The molecule has 2 atom stereocenters. The van der Waals surface area contributed by atoms with E-state index in [-0.39, 0.29) is 11.9 Å². The average molecular weight is 276 g/mol. The van der Waals surface area contributed by atoms with Crippen LogP contribution in [0.3, 0.4) is 0 Å². The van der Waals surface area contributed by atoms with Gasteiger partial charge < -0.3 is 4.90 Å². The van der Waals surface area contributed by atoms with E-state index in [1.807, 2.05) is 38.8 Å². The summed E-state index contributed by atoms with van der Waals surface area (Å²) in [5, 5.41) is 0. The summed E-state index contributed by atoms with van der Waals surface area (Å²) in [5.74, 6) is 0.220. The molecular formula is C17H28N2O. The number of carbonyl (C=O) groups is 1. The molecule has 0 unspecified atom stereocenters. The van der Waals surface area contributed by atoms with Crippen LogP contribution < -0.4 is 0 Å². The maximum absolute atomic E-state index is 12.4. The van der Waals surface area contributed by atoms with Crippen LogP contribution in [0.5, 0.6) is 0 Å². The zero-order chi connectivity index (χ0) is 15.1. The molecular weight excluding hydrogens is 248 g/mol. The Balaban J connectivity index is 2.63. The van der Waals surface area contributed by atoms with E-state index in [0.717, 1.165) is 19.5 Å². The Morgan fingerprint density at radius 1 is 1.10 bits per heavy atom. The second-order valence-electron chi connectivity index (χ2n) is 5.39. The molecule has 0 aliphatic rings. The molecule has 0 aliphatic heterocycles. The van der Waals surface area contributed by atoms with Crippen molar-refractivity contribution in [2.24, 2.45) is 0 Å². The van der Waals surface area contributed by atoms with Gasteiger partial charge in [-0.15, -0.1) is 0 Å². The Bertz CT molecular complexity index is 401. The first-order valence-electron chi connectivity index (χ1n) is 7.55. The van der Waals surface area contributed by atoms with Crippen molar-refractivity contribution in [1.29, 1.82) is 0 Å². The van der Waals surface area contributed by atoms with Gasteiger partial charge in [-0.25, -0.2) is 0 Å². The summed E-state index contributed by atoms with van der Waals surface area (Å²) in [7, 11) is 2.04. The van der Waals surface area contributed by atoms with Crippen molar-refractivity contribution in [3.8, 4) is 0 Å². The highest BCUT2D eigenvalue weighted by molar-refractivity contribution is 5.81. The van der Waals surface area contributed by atoms with E-state index in [9.17, 15) is 4.79 Å². The normalized spacial score (nSPS) is 14.1. The molecule has 0 aromatic heterocycles. The van der Waals surface area contributed by atoms with Crippen LogP contribution in [-0.4, -0.2) is 47.9 Å². The number of amides is 1. The molecule has 1 aromatic carbocycles. The van der Waals surface area contributed by atoms with E-state index in [4.69, 9.17) is 0 Å². The van der Waals surface area contributed by atoms with Crippen LogP contribution in [-0.2, 0) is 11.2 Å². The number of rotatable bonds is 7. The van der Waals surface area contributed by atoms with Crippen molar-refractivity contribution in [3.63, 3.8) is 0 Å². The first-order chi connectivity index (χ1) is 9.51. The van der Waals surface area contributed by atoms with Crippen LogP contribution in [0.25, 0.3) is 0 Å². The highest BCUT2D eigenvalue weighted by atomic mass is 16.2. The number of carbonyl (C=O) groups excluding carboxylic acids is 1. The van der Waals surface area contributed by atoms with Gasteiger partial charge in [-0.3, -0.25) is 9.69 Å². The lowest BCUT2D eigenvalue weighted by Crippen LogP contribution is -2.49. The van der Waals surface area contributed by atoms with Crippen LogP contribution in [0.2, 0.25) is 0 Å². The molecule has 3 heteroatoms. The molecule has 0 saturated carbocycles. The van der Waals surface area contributed by atoms with Crippen molar-refractivity contribution in [3.05, 3.63) is 35.9 Å². The summed E-state index contributed by atoms with van der Waals surface area (Å²) in [4.78, 5) is 16.5. The lowest BCUT2D eigenvalue weighted by atomic mass is 10.0. The van der Waals surface area contributed by atoms with Crippen LogP contribution >= 0.6 is 0 Å². The van der Waals surface area contributed by atoms with Gasteiger partial charge in [0, 0.05) is 19.1 Å². The highest BCUT2D eigenvalue weighted by Gasteiger charge is 2.25. The van der Waals surface area contributed by atoms with Crippen molar-refractivity contribution >= 4 is 5.91 Å². The molecule has 3 nitrogen and oxygen atoms in total. The topological polar surface area (TPSA) is 23.6 Å². The number of hydrogen-bond donors (Lipinski definition) is 0. The Labute approximate surface area is 123 Å². The summed E-state index contributed by atoms with van der Waals surface area (Å²) >= 11 is 0. The summed E-state index contributed by atoms with van der Waals surface area (Å²) < 4.78 is 0. The Kier molecular flexibility index (Phi) is 6.73. The van der Waals surface area contributed by atoms with Gasteiger partial charge >= 0.3 is 0 Å². The lowest BCUT2D eigenvalue weighted by Gasteiger charge is -2.33. The smallest absolute Gasteiger partial charge is 0.239 e. The van der Waals surface area contributed by atoms with E-state index in [0.29, 0.717) is 6.04 Å². The number of likely N-dealkylation sites (N-methyl/N-ethyl adjacent to an activating group) is 2. The minimum atomic E-state index is -0.0754. The van der Waals surface area contributed by atoms with E-state index >= 15 is 0 Å². The summed E-state index contributed by atoms with van der Waals surface area (Å²) in [6.45, 7) is 9.80. The van der Waals surface area contributed by atoms with Crippen LogP contribution in [0, 0.1) is 0 Å². The largest absolute Gasteiger partial charge is 0.342 e. The molecule has 112 valence electrons. The molecule has 0 radical (unpaired) electrons. The van der Waals surface area contributed by atoms with Gasteiger partial charge in [0.25, 0.3) is 0 Å². The fourth-order valence-corrected chi connectivity index (χ4v) is 2.45. The zero-order valence-electron chi connectivity index (χ0n) is 13.5. The molecule has 0 N–H and O–H groups in total. The van der Waals surface area contributed by atoms with Crippen LogP contribution in [0.15, 0.2) is 30.3 Å². The van der Waals surface area contributed by atoms with E-state index in [1.54, 1.807) is 0 Å². The zero-order valence-corrected chi connectivity index (χ0v) is 13.5. The van der Waals surface area contributed by atoms with Crippen LogP contribution in [0.1, 0.15) is 33.3 Å². The molecule has 0 heterocycles. The molecule has 1 amide bonds. The second-order valence-corrected chi connectivity index (χ2v) is 5.39. The molecule has 0 spiro atoms. The number of nitrogens with zero attached hydrogens (tertiary/aromatic N) is 2. The highest BCUT2D eigenvalue weighted by Crippen LogP contribution is 2.11. The number of hydrogen-bond acceptors (Lipinski definition) is 2. The van der Waals surface area contributed by atoms with Crippen molar-refractivity contribution in [2.45, 2.75) is 46.2 Å². The Morgan fingerprint density at radius 2 is 1.65 bits per heavy atom. The third kappa shape index (κ3) is 4.34. The average Bonchev–Trinajstić information content (AvgIpc) is 2.47. The monoisotopic (exact) mass is 276 g/mol.